The number of nitrogens with zero attached hydrogens (tertiary/aromatic N) is 4. The molecule has 2 aromatic carbocycles. The van der Waals surface area contributed by atoms with Gasteiger partial charge in [0.2, 0.25) is 5.95 Å². The summed E-state index contributed by atoms with van der Waals surface area (Å²) in [6, 6.07) is 18.7. The Morgan fingerprint density at radius 3 is 2.54 bits per heavy atom. The average molecular weight is 393 g/mol. The normalized spacial score (nSPS) is 14.7. The Bertz CT molecular complexity index is 933. The first-order chi connectivity index (χ1) is 13.8. The summed E-state index contributed by atoms with van der Waals surface area (Å²) in [5.74, 6) is 1.73. The summed E-state index contributed by atoms with van der Waals surface area (Å²) in [6.07, 6.45) is 4.32. The lowest BCUT2D eigenvalue weighted by Gasteiger charge is -2.28. The zero-order valence-electron chi connectivity index (χ0n) is 16.0. The van der Waals surface area contributed by atoms with Crippen LogP contribution in [0.2, 0.25) is 0 Å². The van der Waals surface area contributed by atoms with Crippen molar-refractivity contribution in [1.82, 2.24) is 14.8 Å². The van der Waals surface area contributed by atoms with Crippen molar-refractivity contribution in [3.8, 4) is 5.69 Å². The number of hydrogen-bond acceptors (Lipinski definition) is 5. The third kappa shape index (κ3) is 4.29. The van der Waals surface area contributed by atoms with Crippen LogP contribution in [0.1, 0.15) is 11.1 Å². The lowest BCUT2D eigenvalue weighted by atomic mass is 10.2. The third-order valence-corrected chi connectivity index (χ3v) is 5.57. The van der Waals surface area contributed by atoms with Gasteiger partial charge in [-0.1, -0.05) is 72.4 Å². The van der Waals surface area contributed by atoms with Crippen molar-refractivity contribution < 1.29 is 4.74 Å². The van der Waals surface area contributed by atoms with E-state index in [2.05, 4.69) is 87.3 Å². The van der Waals surface area contributed by atoms with Crippen molar-refractivity contribution in [2.45, 2.75) is 12.1 Å². The van der Waals surface area contributed by atoms with Gasteiger partial charge in [-0.2, -0.15) is 0 Å². The van der Waals surface area contributed by atoms with Gasteiger partial charge in [0.05, 0.1) is 18.9 Å². The molecule has 0 atom stereocenters. The van der Waals surface area contributed by atoms with Crippen molar-refractivity contribution in [3.63, 3.8) is 0 Å². The molecule has 1 saturated heterocycles. The molecule has 1 aromatic heterocycles. The SMILES string of the molecule is Cc1ccccc1-n1c(SC/C=C/c2ccccc2)nnc1N1CCOCC1. The zero-order chi connectivity index (χ0) is 19.2. The predicted molar refractivity (Wildman–Crippen MR) is 115 cm³/mol. The monoisotopic (exact) mass is 392 g/mol. The van der Waals surface area contributed by atoms with E-state index in [1.165, 1.54) is 11.1 Å². The highest BCUT2D eigenvalue weighted by Crippen LogP contribution is 2.29. The molecule has 0 amide bonds. The Kier molecular flexibility index (Phi) is 6.09. The van der Waals surface area contributed by atoms with Crippen LogP contribution in [0.15, 0.2) is 65.8 Å². The molecule has 1 fully saturated rings. The molecule has 144 valence electrons. The Morgan fingerprint density at radius 2 is 1.75 bits per heavy atom. The van der Waals surface area contributed by atoms with Crippen LogP contribution >= 0.6 is 11.8 Å². The van der Waals surface area contributed by atoms with Gasteiger partial charge in [0.25, 0.3) is 0 Å². The molecule has 3 aromatic rings. The molecule has 0 radical (unpaired) electrons. The van der Waals surface area contributed by atoms with Crippen LogP contribution in [0, 0.1) is 6.92 Å². The van der Waals surface area contributed by atoms with Gasteiger partial charge >= 0.3 is 0 Å². The van der Waals surface area contributed by atoms with Crippen molar-refractivity contribution in [2.75, 3.05) is 37.0 Å². The Labute approximate surface area is 170 Å². The van der Waals surface area contributed by atoms with E-state index in [4.69, 9.17) is 4.74 Å². The van der Waals surface area contributed by atoms with Crippen LogP contribution in [0.5, 0.6) is 0 Å². The van der Waals surface area contributed by atoms with E-state index in [9.17, 15) is 0 Å². The van der Waals surface area contributed by atoms with Crippen LogP contribution in [0.4, 0.5) is 5.95 Å². The van der Waals surface area contributed by atoms with Gasteiger partial charge in [0.1, 0.15) is 0 Å². The lowest BCUT2D eigenvalue weighted by Crippen LogP contribution is -2.38. The fourth-order valence-electron chi connectivity index (χ4n) is 3.22. The standard InChI is InChI=1S/C22H24N4OS/c1-18-8-5-6-12-20(18)26-21(25-13-15-27-16-14-25)23-24-22(26)28-17-7-11-19-9-3-2-4-10-19/h2-12H,13-17H2,1H3/b11-7+. The van der Waals surface area contributed by atoms with Crippen LogP contribution in [0.3, 0.4) is 0 Å². The van der Waals surface area contributed by atoms with Gasteiger partial charge in [-0.3, -0.25) is 4.57 Å². The number of hydrogen-bond donors (Lipinski definition) is 0. The van der Waals surface area contributed by atoms with Gasteiger partial charge < -0.3 is 9.64 Å². The van der Waals surface area contributed by atoms with E-state index >= 15 is 0 Å². The van der Waals surface area contributed by atoms with Gasteiger partial charge in [-0.05, 0) is 24.1 Å². The Hall–Kier alpha value is -2.57. The first-order valence-corrected chi connectivity index (χ1v) is 10.5. The second kappa shape index (κ2) is 9.08. The molecule has 0 spiro atoms. The van der Waals surface area contributed by atoms with Gasteiger partial charge in [-0.15, -0.1) is 10.2 Å². The van der Waals surface area contributed by atoms with Gasteiger partial charge in [-0.25, -0.2) is 0 Å². The minimum absolute atomic E-state index is 0.725. The van der Waals surface area contributed by atoms with Gasteiger partial charge in [0, 0.05) is 18.8 Å². The largest absolute Gasteiger partial charge is 0.378 e. The summed E-state index contributed by atoms with van der Waals surface area (Å²) >= 11 is 1.70. The number of aryl methyl sites for hydroxylation is 1. The molecule has 6 heteroatoms. The molecule has 28 heavy (non-hydrogen) atoms. The minimum Gasteiger partial charge on any atom is -0.378 e. The number of anilines is 1. The summed E-state index contributed by atoms with van der Waals surface area (Å²) in [5, 5.41) is 9.96. The van der Waals surface area contributed by atoms with Gasteiger partial charge in [0.15, 0.2) is 5.16 Å². The number of thioether (sulfide) groups is 1. The average Bonchev–Trinajstić information content (AvgIpc) is 3.16. The third-order valence-electron chi connectivity index (χ3n) is 4.69. The molecular weight excluding hydrogens is 368 g/mol. The number of morpholine rings is 1. The summed E-state index contributed by atoms with van der Waals surface area (Å²) in [5.41, 5.74) is 3.54. The van der Waals surface area contributed by atoms with Crippen molar-refractivity contribution in [1.29, 1.82) is 0 Å². The van der Waals surface area contributed by atoms with E-state index < -0.39 is 0 Å². The quantitative estimate of drug-likeness (QED) is 0.588. The van der Waals surface area contributed by atoms with E-state index in [0.717, 1.165) is 48.8 Å². The molecule has 0 aliphatic carbocycles. The second-order valence-corrected chi connectivity index (χ2v) is 7.62. The zero-order valence-corrected chi connectivity index (χ0v) is 16.8. The van der Waals surface area contributed by atoms with Crippen molar-refractivity contribution in [3.05, 3.63) is 71.8 Å². The topological polar surface area (TPSA) is 43.2 Å². The molecule has 1 aliphatic heterocycles. The number of aromatic nitrogens is 3. The molecule has 0 saturated carbocycles. The van der Waals surface area contributed by atoms with Crippen LogP contribution in [-0.2, 0) is 4.74 Å². The molecule has 1 aliphatic rings. The molecule has 0 bridgehead atoms. The van der Waals surface area contributed by atoms with Crippen LogP contribution in [-0.4, -0.2) is 46.8 Å². The number of benzene rings is 2. The fraction of sp³-hybridized carbons (Fsp3) is 0.273. The highest BCUT2D eigenvalue weighted by atomic mass is 32.2. The highest BCUT2D eigenvalue weighted by Gasteiger charge is 2.22. The minimum atomic E-state index is 0.725. The number of ether oxygens (including phenoxy) is 1. The number of para-hydroxylation sites is 1. The van der Waals surface area contributed by atoms with E-state index in [1.807, 2.05) is 6.07 Å². The highest BCUT2D eigenvalue weighted by molar-refractivity contribution is 7.99. The first kappa shape index (κ1) is 18.8. The molecule has 0 unspecified atom stereocenters. The maximum Gasteiger partial charge on any atom is 0.232 e. The summed E-state index contributed by atoms with van der Waals surface area (Å²) in [4.78, 5) is 2.26. The first-order valence-electron chi connectivity index (χ1n) is 9.51. The maximum absolute atomic E-state index is 5.51. The molecule has 0 N–H and O–H groups in total. The van der Waals surface area contributed by atoms with Crippen molar-refractivity contribution >= 4 is 23.8 Å². The molecular formula is C22H24N4OS. The predicted octanol–water partition coefficient (Wildman–Crippen LogP) is 4.22. The lowest BCUT2D eigenvalue weighted by molar-refractivity contribution is 0.122. The van der Waals surface area contributed by atoms with Crippen molar-refractivity contribution in [2.24, 2.45) is 0 Å². The second-order valence-electron chi connectivity index (χ2n) is 6.63. The summed E-state index contributed by atoms with van der Waals surface area (Å²) in [7, 11) is 0. The Balaban J connectivity index is 1.59. The van der Waals surface area contributed by atoms with E-state index in [1.54, 1.807) is 11.8 Å². The smallest absolute Gasteiger partial charge is 0.232 e. The molecule has 4 rings (SSSR count). The maximum atomic E-state index is 5.51. The van der Waals surface area contributed by atoms with E-state index in [-0.39, 0.29) is 0 Å². The Morgan fingerprint density at radius 1 is 1.00 bits per heavy atom. The fourth-order valence-corrected chi connectivity index (χ4v) is 3.97. The van der Waals surface area contributed by atoms with Crippen LogP contribution < -0.4 is 4.90 Å². The summed E-state index contributed by atoms with van der Waals surface area (Å²) in [6.45, 7) is 5.25. The molecule has 2 heterocycles. The number of rotatable bonds is 6. The van der Waals surface area contributed by atoms with Crippen LogP contribution in [0.25, 0.3) is 11.8 Å². The van der Waals surface area contributed by atoms with E-state index in [0.29, 0.717) is 0 Å². The summed E-state index contributed by atoms with van der Waals surface area (Å²) < 4.78 is 7.69. The molecule has 5 nitrogen and oxygen atoms in total.